The van der Waals surface area contributed by atoms with Crippen LogP contribution < -0.4 is 5.32 Å². The Morgan fingerprint density at radius 3 is 3.00 bits per heavy atom. The third-order valence-electron chi connectivity index (χ3n) is 2.38. The third-order valence-corrected chi connectivity index (χ3v) is 4.40. The zero-order valence-corrected chi connectivity index (χ0v) is 12.1. The van der Waals surface area contributed by atoms with Crippen LogP contribution in [0.25, 0.3) is 0 Å². The molecular weight excluding hydrogens is 298 g/mol. The summed E-state index contributed by atoms with van der Waals surface area (Å²) >= 11 is 2.81. The molecule has 1 atom stereocenters. The van der Waals surface area contributed by atoms with E-state index in [1.165, 1.54) is 41.3 Å². The van der Waals surface area contributed by atoms with Crippen molar-refractivity contribution in [2.75, 3.05) is 5.32 Å². The standard InChI is InChI=1S/C12H11N3O3S2/c1-8(20-12-13-5-6-19-12)11(16)14-9-3-2-4-10(7-9)15(17)18/h2-8H,1H3,(H,14,16). The lowest BCUT2D eigenvalue weighted by molar-refractivity contribution is -0.384. The van der Waals surface area contributed by atoms with Gasteiger partial charge in [0.05, 0.1) is 10.2 Å². The average Bonchev–Trinajstić information content (AvgIpc) is 2.91. The lowest BCUT2D eigenvalue weighted by Gasteiger charge is -2.10. The Balaban J connectivity index is 2.00. The van der Waals surface area contributed by atoms with E-state index < -0.39 is 4.92 Å². The first kappa shape index (κ1) is 14.5. The number of amides is 1. The highest BCUT2D eigenvalue weighted by Gasteiger charge is 2.16. The highest BCUT2D eigenvalue weighted by atomic mass is 32.2. The SMILES string of the molecule is CC(Sc1nccs1)C(=O)Nc1cccc([N+](=O)[O-])c1. The van der Waals surface area contributed by atoms with Gasteiger partial charge < -0.3 is 5.32 Å². The highest BCUT2D eigenvalue weighted by Crippen LogP contribution is 2.26. The Kier molecular flexibility index (Phi) is 4.70. The van der Waals surface area contributed by atoms with Gasteiger partial charge in [-0.2, -0.15) is 0 Å². The maximum atomic E-state index is 12.0. The van der Waals surface area contributed by atoms with Crippen LogP contribution in [0.15, 0.2) is 40.2 Å². The minimum atomic E-state index is -0.497. The van der Waals surface area contributed by atoms with Gasteiger partial charge in [-0.25, -0.2) is 4.98 Å². The predicted molar refractivity (Wildman–Crippen MR) is 79.2 cm³/mol. The molecule has 1 N–H and O–H groups in total. The van der Waals surface area contributed by atoms with Crippen LogP contribution in [0, 0.1) is 10.1 Å². The number of hydrogen-bond acceptors (Lipinski definition) is 6. The molecule has 8 heteroatoms. The van der Waals surface area contributed by atoms with Gasteiger partial charge in [-0.05, 0) is 13.0 Å². The van der Waals surface area contributed by atoms with E-state index in [1.807, 2.05) is 5.38 Å². The summed E-state index contributed by atoms with van der Waals surface area (Å²) in [5, 5.41) is 14.8. The number of carbonyl (C=O) groups excluding carboxylic acids is 1. The van der Waals surface area contributed by atoms with Crippen LogP contribution in [0.5, 0.6) is 0 Å². The molecule has 0 bridgehead atoms. The summed E-state index contributed by atoms with van der Waals surface area (Å²) in [6, 6.07) is 5.86. The summed E-state index contributed by atoms with van der Waals surface area (Å²) in [5.74, 6) is -0.217. The summed E-state index contributed by atoms with van der Waals surface area (Å²) in [6.45, 7) is 1.76. The molecule has 0 saturated carbocycles. The highest BCUT2D eigenvalue weighted by molar-refractivity contribution is 8.02. The number of anilines is 1. The number of hydrogen-bond donors (Lipinski definition) is 1. The second-order valence-corrected chi connectivity index (χ2v) is 6.34. The fourth-order valence-electron chi connectivity index (χ4n) is 1.41. The Labute approximate surface area is 123 Å². The van der Waals surface area contributed by atoms with E-state index in [0.717, 1.165) is 4.34 Å². The molecule has 0 aliphatic rings. The van der Waals surface area contributed by atoms with Crippen molar-refractivity contribution in [3.8, 4) is 0 Å². The van der Waals surface area contributed by atoms with E-state index in [2.05, 4.69) is 10.3 Å². The number of nitrogens with zero attached hydrogens (tertiary/aromatic N) is 2. The Morgan fingerprint density at radius 1 is 1.55 bits per heavy atom. The van der Waals surface area contributed by atoms with Crippen LogP contribution in [0.4, 0.5) is 11.4 Å². The zero-order chi connectivity index (χ0) is 14.5. The van der Waals surface area contributed by atoms with Crippen LogP contribution in [0.2, 0.25) is 0 Å². The van der Waals surface area contributed by atoms with Gasteiger partial charge in [-0.1, -0.05) is 17.8 Å². The molecule has 1 aromatic carbocycles. The number of nitro groups is 1. The minimum absolute atomic E-state index is 0.0528. The predicted octanol–water partition coefficient (Wildman–Crippen LogP) is 3.17. The average molecular weight is 309 g/mol. The molecule has 0 radical (unpaired) electrons. The Hall–Kier alpha value is -1.93. The fourth-order valence-corrected chi connectivity index (χ4v) is 3.19. The maximum absolute atomic E-state index is 12.0. The first-order valence-corrected chi connectivity index (χ1v) is 7.43. The fraction of sp³-hybridized carbons (Fsp3) is 0.167. The smallest absolute Gasteiger partial charge is 0.271 e. The summed E-state index contributed by atoms with van der Waals surface area (Å²) < 4.78 is 0.812. The normalized spacial score (nSPS) is 11.8. The maximum Gasteiger partial charge on any atom is 0.271 e. The molecule has 1 amide bonds. The number of non-ortho nitro benzene ring substituents is 1. The van der Waals surface area contributed by atoms with E-state index >= 15 is 0 Å². The van der Waals surface area contributed by atoms with Gasteiger partial charge in [0.2, 0.25) is 5.91 Å². The molecule has 6 nitrogen and oxygen atoms in total. The summed E-state index contributed by atoms with van der Waals surface area (Å²) in [7, 11) is 0. The van der Waals surface area contributed by atoms with Crippen molar-refractivity contribution >= 4 is 40.4 Å². The number of thioether (sulfide) groups is 1. The number of thiazole rings is 1. The van der Waals surface area contributed by atoms with Crippen molar-refractivity contribution in [1.82, 2.24) is 4.98 Å². The molecule has 1 heterocycles. The largest absolute Gasteiger partial charge is 0.325 e. The van der Waals surface area contributed by atoms with E-state index in [-0.39, 0.29) is 16.8 Å². The molecule has 0 saturated heterocycles. The van der Waals surface area contributed by atoms with Crippen LogP contribution >= 0.6 is 23.1 Å². The number of aromatic nitrogens is 1. The van der Waals surface area contributed by atoms with Crippen molar-refractivity contribution in [1.29, 1.82) is 0 Å². The Bertz CT molecular complexity index is 616. The number of benzene rings is 1. The lowest BCUT2D eigenvalue weighted by atomic mass is 10.2. The molecule has 0 aliphatic carbocycles. The molecular formula is C12H11N3O3S2. The number of nitrogens with one attached hydrogen (secondary N) is 1. The molecule has 104 valence electrons. The second kappa shape index (κ2) is 6.49. The van der Waals surface area contributed by atoms with Crippen molar-refractivity contribution in [2.24, 2.45) is 0 Å². The van der Waals surface area contributed by atoms with Crippen molar-refractivity contribution in [3.63, 3.8) is 0 Å². The molecule has 2 aromatic rings. The topological polar surface area (TPSA) is 85.1 Å². The van der Waals surface area contributed by atoms with Crippen LogP contribution in [0.3, 0.4) is 0 Å². The van der Waals surface area contributed by atoms with Gasteiger partial charge in [0.25, 0.3) is 5.69 Å². The summed E-state index contributed by atoms with van der Waals surface area (Å²) in [5.41, 5.74) is 0.360. The van der Waals surface area contributed by atoms with E-state index in [1.54, 1.807) is 19.2 Å². The quantitative estimate of drug-likeness (QED) is 0.521. The van der Waals surface area contributed by atoms with Crippen LogP contribution in [-0.2, 0) is 4.79 Å². The number of nitro benzene ring substituents is 1. The van der Waals surface area contributed by atoms with Crippen molar-refractivity contribution in [2.45, 2.75) is 16.5 Å². The number of rotatable bonds is 5. The molecule has 20 heavy (non-hydrogen) atoms. The van der Waals surface area contributed by atoms with Gasteiger partial charge >= 0.3 is 0 Å². The van der Waals surface area contributed by atoms with Gasteiger partial charge in [0.15, 0.2) is 4.34 Å². The zero-order valence-electron chi connectivity index (χ0n) is 10.5. The van der Waals surface area contributed by atoms with E-state index in [0.29, 0.717) is 5.69 Å². The molecule has 2 rings (SSSR count). The number of carbonyl (C=O) groups is 1. The molecule has 0 spiro atoms. The molecule has 1 unspecified atom stereocenters. The first-order valence-electron chi connectivity index (χ1n) is 5.68. The van der Waals surface area contributed by atoms with Gasteiger partial charge in [0, 0.05) is 29.4 Å². The van der Waals surface area contributed by atoms with E-state index in [4.69, 9.17) is 0 Å². The molecule has 0 aliphatic heterocycles. The van der Waals surface area contributed by atoms with Crippen molar-refractivity contribution < 1.29 is 9.72 Å². The summed E-state index contributed by atoms with van der Waals surface area (Å²) in [4.78, 5) is 26.3. The Morgan fingerprint density at radius 2 is 2.35 bits per heavy atom. The lowest BCUT2D eigenvalue weighted by Crippen LogP contribution is -2.22. The molecule has 1 aromatic heterocycles. The monoisotopic (exact) mass is 309 g/mol. The van der Waals surface area contributed by atoms with Gasteiger partial charge in [0.1, 0.15) is 0 Å². The van der Waals surface area contributed by atoms with E-state index in [9.17, 15) is 14.9 Å². The second-order valence-electron chi connectivity index (χ2n) is 3.85. The summed E-state index contributed by atoms with van der Waals surface area (Å²) in [6.07, 6.45) is 1.68. The van der Waals surface area contributed by atoms with Crippen molar-refractivity contribution in [3.05, 3.63) is 46.0 Å². The minimum Gasteiger partial charge on any atom is -0.325 e. The van der Waals surface area contributed by atoms with Gasteiger partial charge in [-0.3, -0.25) is 14.9 Å². The van der Waals surface area contributed by atoms with Crippen LogP contribution in [0.1, 0.15) is 6.92 Å². The first-order chi connectivity index (χ1) is 9.56. The van der Waals surface area contributed by atoms with Gasteiger partial charge in [-0.15, -0.1) is 11.3 Å². The van der Waals surface area contributed by atoms with Crippen LogP contribution in [-0.4, -0.2) is 21.1 Å². The third kappa shape index (κ3) is 3.78. The molecule has 0 fully saturated rings.